The highest BCUT2D eigenvalue weighted by atomic mass is 16.4. The molecule has 0 bridgehead atoms. The molecule has 0 saturated carbocycles. The van der Waals surface area contributed by atoms with Crippen molar-refractivity contribution in [2.24, 2.45) is 0 Å². The van der Waals surface area contributed by atoms with E-state index in [1.807, 2.05) is 19.9 Å². The van der Waals surface area contributed by atoms with Gasteiger partial charge in [0.2, 0.25) is 0 Å². The molecule has 0 aliphatic carbocycles. The number of rotatable bonds is 2. The molecular formula is C18H24NO3+. The number of aromatic hydroxyl groups is 1. The van der Waals surface area contributed by atoms with E-state index in [0.29, 0.717) is 16.7 Å². The van der Waals surface area contributed by atoms with Gasteiger partial charge < -0.3 is 14.4 Å². The zero-order chi connectivity index (χ0) is 15.9. The molecular weight excluding hydrogens is 278 g/mol. The van der Waals surface area contributed by atoms with E-state index in [1.165, 1.54) is 37.3 Å². The summed E-state index contributed by atoms with van der Waals surface area (Å²) in [6, 6.07) is 2.00. The molecule has 118 valence electrons. The van der Waals surface area contributed by atoms with Crippen molar-refractivity contribution in [1.29, 1.82) is 0 Å². The molecule has 4 nitrogen and oxygen atoms in total. The Kier molecular flexibility index (Phi) is 3.96. The first kappa shape index (κ1) is 15.1. The van der Waals surface area contributed by atoms with Crippen LogP contribution in [0.5, 0.6) is 5.75 Å². The molecule has 0 unspecified atom stereocenters. The topological polar surface area (TPSA) is 54.9 Å². The lowest BCUT2D eigenvalue weighted by molar-refractivity contribution is -0.918. The third-order valence-electron chi connectivity index (χ3n) is 5.03. The van der Waals surface area contributed by atoms with Crippen LogP contribution in [0.4, 0.5) is 0 Å². The van der Waals surface area contributed by atoms with Gasteiger partial charge in [-0.2, -0.15) is 0 Å². The molecule has 0 radical (unpaired) electrons. The van der Waals surface area contributed by atoms with E-state index in [2.05, 4.69) is 0 Å². The standard InChI is InChI=1S/C18H23NO3/c1-11-12(2)18(21)22-17-13(3)16(20)14(9-15(11)17)10-19-7-5-4-6-8-19/h9,20H,4-8,10H2,1-3H3/p+1. The summed E-state index contributed by atoms with van der Waals surface area (Å²) in [4.78, 5) is 13.4. The zero-order valence-electron chi connectivity index (χ0n) is 13.6. The normalized spacial score (nSPS) is 16.3. The van der Waals surface area contributed by atoms with E-state index in [0.717, 1.165) is 23.1 Å². The van der Waals surface area contributed by atoms with Gasteiger partial charge >= 0.3 is 5.63 Å². The third-order valence-corrected chi connectivity index (χ3v) is 5.03. The average Bonchev–Trinajstić information content (AvgIpc) is 2.52. The fourth-order valence-electron chi connectivity index (χ4n) is 3.43. The van der Waals surface area contributed by atoms with Crippen molar-refractivity contribution in [2.75, 3.05) is 13.1 Å². The zero-order valence-corrected chi connectivity index (χ0v) is 13.6. The van der Waals surface area contributed by atoms with Gasteiger partial charge in [-0.3, -0.25) is 0 Å². The van der Waals surface area contributed by atoms with Crippen molar-refractivity contribution >= 4 is 11.0 Å². The van der Waals surface area contributed by atoms with Crippen molar-refractivity contribution in [3.05, 3.63) is 38.7 Å². The Hall–Kier alpha value is -1.81. The highest BCUT2D eigenvalue weighted by Crippen LogP contribution is 2.32. The Labute approximate surface area is 130 Å². The molecule has 1 aliphatic heterocycles. The molecule has 2 heterocycles. The second-order valence-electron chi connectivity index (χ2n) is 6.51. The van der Waals surface area contributed by atoms with Gasteiger partial charge in [0, 0.05) is 22.1 Å². The largest absolute Gasteiger partial charge is 0.507 e. The number of quaternary nitrogens is 1. The molecule has 4 heteroatoms. The maximum Gasteiger partial charge on any atom is 0.339 e. The Morgan fingerprint density at radius 2 is 1.77 bits per heavy atom. The second-order valence-corrected chi connectivity index (χ2v) is 6.51. The van der Waals surface area contributed by atoms with Gasteiger partial charge in [-0.25, -0.2) is 4.79 Å². The number of aryl methyl sites for hydroxylation is 2. The predicted molar refractivity (Wildman–Crippen MR) is 86.6 cm³/mol. The molecule has 1 saturated heterocycles. The van der Waals surface area contributed by atoms with Crippen LogP contribution in [0.15, 0.2) is 15.3 Å². The molecule has 0 atom stereocenters. The van der Waals surface area contributed by atoms with Gasteiger partial charge in [0.15, 0.2) is 0 Å². The molecule has 0 amide bonds. The molecule has 1 fully saturated rings. The molecule has 22 heavy (non-hydrogen) atoms. The van der Waals surface area contributed by atoms with E-state index >= 15 is 0 Å². The quantitative estimate of drug-likeness (QED) is 0.834. The summed E-state index contributed by atoms with van der Waals surface area (Å²) in [5.74, 6) is 0.275. The molecule has 1 aromatic carbocycles. The van der Waals surface area contributed by atoms with Crippen LogP contribution in [0.3, 0.4) is 0 Å². The third kappa shape index (κ3) is 2.52. The van der Waals surface area contributed by atoms with Crippen LogP contribution in [0.2, 0.25) is 0 Å². The minimum atomic E-state index is -0.318. The van der Waals surface area contributed by atoms with Crippen molar-refractivity contribution in [2.45, 2.75) is 46.6 Å². The van der Waals surface area contributed by atoms with Crippen molar-refractivity contribution in [1.82, 2.24) is 0 Å². The monoisotopic (exact) mass is 302 g/mol. The van der Waals surface area contributed by atoms with E-state index in [-0.39, 0.29) is 11.4 Å². The minimum absolute atomic E-state index is 0.275. The number of benzene rings is 1. The second kappa shape index (κ2) is 5.76. The van der Waals surface area contributed by atoms with E-state index in [1.54, 1.807) is 6.92 Å². The lowest BCUT2D eigenvalue weighted by Crippen LogP contribution is -3.11. The van der Waals surface area contributed by atoms with Gasteiger partial charge in [-0.1, -0.05) is 0 Å². The number of piperidine rings is 1. The Bertz CT molecular complexity index is 770. The first-order valence-electron chi connectivity index (χ1n) is 8.08. The molecule has 0 spiro atoms. The smallest absolute Gasteiger partial charge is 0.339 e. The van der Waals surface area contributed by atoms with Gasteiger partial charge in [0.05, 0.1) is 13.1 Å². The number of hydrogen-bond donors (Lipinski definition) is 2. The predicted octanol–water partition coefficient (Wildman–Crippen LogP) is 1.99. The van der Waals surface area contributed by atoms with Crippen LogP contribution in [-0.4, -0.2) is 18.2 Å². The maximum absolute atomic E-state index is 11.9. The van der Waals surface area contributed by atoms with E-state index < -0.39 is 0 Å². The highest BCUT2D eigenvalue weighted by molar-refractivity contribution is 5.86. The average molecular weight is 302 g/mol. The van der Waals surface area contributed by atoms with Crippen LogP contribution >= 0.6 is 0 Å². The highest BCUT2D eigenvalue weighted by Gasteiger charge is 2.20. The number of nitrogens with one attached hydrogen (secondary N) is 1. The minimum Gasteiger partial charge on any atom is -0.507 e. The fourth-order valence-corrected chi connectivity index (χ4v) is 3.43. The molecule has 2 aromatic rings. The van der Waals surface area contributed by atoms with Crippen LogP contribution in [0, 0.1) is 20.8 Å². The first-order chi connectivity index (χ1) is 10.5. The van der Waals surface area contributed by atoms with Crippen LogP contribution in [0.1, 0.15) is 41.5 Å². The first-order valence-corrected chi connectivity index (χ1v) is 8.08. The summed E-state index contributed by atoms with van der Waals surface area (Å²) in [5, 5.41) is 11.4. The lowest BCUT2D eigenvalue weighted by atomic mass is 9.99. The Morgan fingerprint density at radius 3 is 2.45 bits per heavy atom. The SMILES string of the molecule is Cc1c(C)c2cc(C[NH+]3CCCCC3)c(O)c(C)c2oc1=O. The van der Waals surface area contributed by atoms with Crippen LogP contribution in [-0.2, 0) is 6.54 Å². The molecule has 3 rings (SSSR count). The summed E-state index contributed by atoms with van der Waals surface area (Å²) in [6.45, 7) is 8.72. The van der Waals surface area contributed by atoms with Gasteiger partial charge in [0.1, 0.15) is 17.9 Å². The van der Waals surface area contributed by atoms with Gasteiger partial charge in [0.25, 0.3) is 0 Å². The summed E-state index contributed by atoms with van der Waals surface area (Å²) >= 11 is 0. The molecule has 1 aliphatic rings. The maximum atomic E-state index is 11.9. The number of fused-ring (bicyclic) bond motifs is 1. The van der Waals surface area contributed by atoms with Crippen molar-refractivity contribution in [3.63, 3.8) is 0 Å². The number of phenols is 1. The van der Waals surface area contributed by atoms with Crippen molar-refractivity contribution in [3.8, 4) is 5.75 Å². The summed E-state index contributed by atoms with van der Waals surface area (Å²) in [5.41, 5.74) is 3.42. The van der Waals surface area contributed by atoms with E-state index in [4.69, 9.17) is 4.42 Å². The van der Waals surface area contributed by atoms with Gasteiger partial charge in [-0.15, -0.1) is 0 Å². The molecule has 2 N–H and O–H groups in total. The number of phenolic OH excluding ortho intramolecular Hbond substituents is 1. The Morgan fingerprint density at radius 1 is 1.09 bits per heavy atom. The summed E-state index contributed by atoms with van der Waals surface area (Å²) in [7, 11) is 0. The Balaban J connectivity index is 2.11. The lowest BCUT2D eigenvalue weighted by Gasteiger charge is -2.24. The number of hydrogen-bond acceptors (Lipinski definition) is 3. The number of likely N-dealkylation sites (tertiary alicyclic amines) is 1. The van der Waals surface area contributed by atoms with Crippen molar-refractivity contribution < 1.29 is 14.4 Å². The van der Waals surface area contributed by atoms with Crippen LogP contribution < -0.4 is 10.5 Å². The van der Waals surface area contributed by atoms with E-state index in [9.17, 15) is 9.90 Å². The summed E-state index contributed by atoms with van der Waals surface area (Å²) in [6.07, 6.45) is 3.83. The molecule has 1 aromatic heterocycles. The fraction of sp³-hybridized carbons (Fsp3) is 0.500. The van der Waals surface area contributed by atoms with Gasteiger partial charge in [-0.05, 0) is 51.7 Å². The van der Waals surface area contributed by atoms with Crippen LogP contribution in [0.25, 0.3) is 11.0 Å². The summed E-state index contributed by atoms with van der Waals surface area (Å²) < 4.78 is 5.41.